The molecule has 0 spiro atoms. The first-order valence-corrected chi connectivity index (χ1v) is 11.0. The molecule has 7 heteroatoms. The van der Waals surface area contributed by atoms with Crippen molar-refractivity contribution in [2.45, 2.75) is 45.4 Å². The summed E-state index contributed by atoms with van der Waals surface area (Å²) in [5.41, 5.74) is 2.34. The number of aromatic nitrogens is 3. The molecule has 1 aliphatic heterocycles. The van der Waals surface area contributed by atoms with Crippen LogP contribution < -0.4 is 5.32 Å². The predicted molar refractivity (Wildman–Crippen MR) is 120 cm³/mol. The lowest BCUT2D eigenvalue weighted by Crippen LogP contribution is -2.37. The van der Waals surface area contributed by atoms with Crippen LogP contribution in [-0.2, 0) is 5.41 Å². The molecule has 1 amide bonds. The molecule has 164 valence electrons. The number of nitrogens with one attached hydrogen (secondary N) is 1. The van der Waals surface area contributed by atoms with Gasteiger partial charge in [0.2, 0.25) is 0 Å². The van der Waals surface area contributed by atoms with E-state index in [-0.39, 0.29) is 22.8 Å². The molecule has 0 saturated carbocycles. The lowest BCUT2D eigenvalue weighted by Gasteiger charge is -2.26. The Morgan fingerprint density at radius 3 is 2.58 bits per heavy atom. The second kappa shape index (κ2) is 8.75. The molecule has 3 heterocycles. The molecule has 0 unspecified atom stereocenters. The number of fused-ring (bicyclic) bond motifs is 1. The zero-order valence-corrected chi connectivity index (χ0v) is 18.5. The molecule has 2 aromatic heterocycles. The molecule has 1 fully saturated rings. The predicted octanol–water partition coefficient (Wildman–Crippen LogP) is 4.05. The van der Waals surface area contributed by atoms with Crippen LogP contribution in [0.1, 0.15) is 56.2 Å². The van der Waals surface area contributed by atoms with Gasteiger partial charge in [0, 0.05) is 30.1 Å². The molecule has 0 aliphatic carbocycles. The van der Waals surface area contributed by atoms with Crippen LogP contribution in [-0.4, -0.2) is 51.6 Å². The molecular formula is C24H30FN5O. The summed E-state index contributed by atoms with van der Waals surface area (Å²) in [7, 11) is 0. The molecule has 0 atom stereocenters. The number of amides is 1. The molecule has 1 saturated heterocycles. The van der Waals surface area contributed by atoms with Crippen molar-refractivity contribution in [3.63, 3.8) is 0 Å². The molecule has 31 heavy (non-hydrogen) atoms. The standard InChI is InChI=1S/C24H30FN5O/c1-24(2,3)21-16-22-27-19(23(31)26-11-14-29-12-7-4-8-13-29)15-20(30(22)28-21)17-9-5-6-10-18(17)25/h5-6,9-10,15-16H,4,7-8,11-14H2,1-3H3,(H,26,31). The van der Waals surface area contributed by atoms with Crippen LogP contribution in [0.25, 0.3) is 16.9 Å². The highest BCUT2D eigenvalue weighted by Crippen LogP contribution is 2.27. The van der Waals surface area contributed by atoms with E-state index >= 15 is 0 Å². The summed E-state index contributed by atoms with van der Waals surface area (Å²) in [5, 5.41) is 7.65. The van der Waals surface area contributed by atoms with Gasteiger partial charge in [-0.15, -0.1) is 0 Å². The second-order valence-corrected chi connectivity index (χ2v) is 9.21. The minimum Gasteiger partial charge on any atom is -0.349 e. The summed E-state index contributed by atoms with van der Waals surface area (Å²) in [6.07, 6.45) is 3.72. The molecule has 3 aromatic rings. The maximum Gasteiger partial charge on any atom is 0.270 e. The molecule has 1 N–H and O–H groups in total. The first-order chi connectivity index (χ1) is 14.8. The SMILES string of the molecule is CC(C)(C)c1cc2nc(C(=O)NCCN3CCCCC3)cc(-c3ccccc3F)n2n1. The zero-order chi connectivity index (χ0) is 22.0. The maximum absolute atomic E-state index is 14.6. The van der Waals surface area contributed by atoms with Crippen molar-refractivity contribution in [2.24, 2.45) is 0 Å². The van der Waals surface area contributed by atoms with Crippen molar-refractivity contribution in [3.8, 4) is 11.3 Å². The Labute approximate surface area is 182 Å². The Kier molecular flexibility index (Phi) is 6.05. The quantitative estimate of drug-likeness (QED) is 0.673. The third-order valence-corrected chi connectivity index (χ3v) is 5.74. The van der Waals surface area contributed by atoms with Crippen LogP contribution in [0.4, 0.5) is 4.39 Å². The fourth-order valence-corrected chi connectivity index (χ4v) is 3.92. The monoisotopic (exact) mass is 423 g/mol. The second-order valence-electron chi connectivity index (χ2n) is 9.21. The van der Waals surface area contributed by atoms with E-state index in [1.54, 1.807) is 28.8 Å². The van der Waals surface area contributed by atoms with E-state index in [0.29, 0.717) is 23.4 Å². The van der Waals surface area contributed by atoms with Gasteiger partial charge in [-0.3, -0.25) is 4.79 Å². The number of carbonyl (C=O) groups is 1. The van der Waals surface area contributed by atoms with Crippen LogP contribution in [0.3, 0.4) is 0 Å². The number of hydrogen-bond donors (Lipinski definition) is 1. The molecule has 0 radical (unpaired) electrons. The first kappa shape index (κ1) is 21.4. The Balaban J connectivity index is 1.65. The van der Waals surface area contributed by atoms with Crippen LogP contribution in [0.5, 0.6) is 0 Å². The Morgan fingerprint density at radius 2 is 1.87 bits per heavy atom. The van der Waals surface area contributed by atoms with Crippen molar-refractivity contribution >= 4 is 11.6 Å². The Bertz CT molecular complexity index is 1080. The van der Waals surface area contributed by atoms with Gasteiger partial charge >= 0.3 is 0 Å². The minimum absolute atomic E-state index is 0.197. The number of nitrogens with zero attached hydrogens (tertiary/aromatic N) is 4. The van der Waals surface area contributed by atoms with Gasteiger partial charge in [-0.1, -0.05) is 39.3 Å². The number of halogens is 1. The lowest BCUT2D eigenvalue weighted by atomic mass is 9.93. The molecule has 0 bridgehead atoms. The number of benzene rings is 1. The Hall–Kier alpha value is -2.80. The maximum atomic E-state index is 14.6. The number of piperidine rings is 1. The van der Waals surface area contributed by atoms with Gasteiger partial charge in [-0.05, 0) is 44.1 Å². The largest absolute Gasteiger partial charge is 0.349 e. The molecule has 1 aromatic carbocycles. The van der Waals surface area contributed by atoms with Crippen molar-refractivity contribution in [1.82, 2.24) is 24.8 Å². The number of carbonyl (C=O) groups excluding carboxylic acids is 1. The number of likely N-dealkylation sites (tertiary alicyclic amines) is 1. The van der Waals surface area contributed by atoms with E-state index < -0.39 is 0 Å². The summed E-state index contributed by atoms with van der Waals surface area (Å²) in [6.45, 7) is 9.75. The topological polar surface area (TPSA) is 62.5 Å². The van der Waals surface area contributed by atoms with Crippen LogP contribution in [0.2, 0.25) is 0 Å². The summed E-state index contributed by atoms with van der Waals surface area (Å²) < 4.78 is 16.2. The summed E-state index contributed by atoms with van der Waals surface area (Å²) in [6, 6.07) is 10.0. The summed E-state index contributed by atoms with van der Waals surface area (Å²) in [5.74, 6) is -0.616. The van der Waals surface area contributed by atoms with E-state index in [4.69, 9.17) is 0 Å². The van der Waals surface area contributed by atoms with Gasteiger partial charge in [-0.2, -0.15) is 5.10 Å². The molecule has 4 rings (SSSR count). The van der Waals surface area contributed by atoms with Gasteiger partial charge < -0.3 is 10.2 Å². The smallest absolute Gasteiger partial charge is 0.270 e. The van der Waals surface area contributed by atoms with Crippen LogP contribution in [0, 0.1) is 5.82 Å². The fourth-order valence-electron chi connectivity index (χ4n) is 3.92. The third kappa shape index (κ3) is 4.77. The lowest BCUT2D eigenvalue weighted by molar-refractivity contribution is 0.0941. The van der Waals surface area contributed by atoms with Gasteiger partial charge in [-0.25, -0.2) is 13.9 Å². The molecular weight excluding hydrogens is 393 g/mol. The summed E-state index contributed by atoms with van der Waals surface area (Å²) >= 11 is 0. The van der Waals surface area contributed by atoms with E-state index in [9.17, 15) is 9.18 Å². The van der Waals surface area contributed by atoms with E-state index in [1.807, 2.05) is 6.07 Å². The highest BCUT2D eigenvalue weighted by atomic mass is 19.1. The summed E-state index contributed by atoms with van der Waals surface area (Å²) in [4.78, 5) is 19.8. The van der Waals surface area contributed by atoms with Gasteiger partial charge in [0.05, 0.1) is 11.4 Å². The van der Waals surface area contributed by atoms with E-state index in [1.165, 1.54) is 25.3 Å². The van der Waals surface area contributed by atoms with Crippen LogP contribution in [0.15, 0.2) is 36.4 Å². The van der Waals surface area contributed by atoms with Gasteiger partial charge in [0.15, 0.2) is 5.65 Å². The highest BCUT2D eigenvalue weighted by Gasteiger charge is 2.22. The van der Waals surface area contributed by atoms with E-state index in [2.05, 4.69) is 41.1 Å². The number of hydrogen-bond acceptors (Lipinski definition) is 4. The number of rotatable bonds is 5. The average Bonchev–Trinajstić information content (AvgIpc) is 3.19. The zero-order valence-electron chi connectivity index (χ0n) is 18.5. The van der Waals surface area contributed by atoms with Gasteiger partial charge in [0.1, 0.15) is 11.5 Å². The van der Waals surface area contributed by atoms with Crippen molar-refractivity contribution in [3.05, 3.63) is 53.6 Å². The highest BCUT2D eigenvalue weighted by molar-refractivity contribution is 5.94. The molecule has 1 aliphatic rings. The van der Waals surface area contributed by atoms with Crippen LogP contribution >= 0.6 is 0 Å². The van der Waals surface area contributed by atoms with E-state index in [0.717, 1.165) is 25.3 Å². The van der Waals surface area contributed by atoms with Crippen molar-refractivity contribution < 1.29 is 9.18 Å². The Morgan fingerprint density at radius 1 is 1.13 bits per heavy atom. The molecule has 6 nitrogen and oxygen atoms in total. The third-order valence-electron chi connectivity index (χ3n) is 5.74. The van der Waals surface area contributed by atoms with Crippen molar-refractivity contribution in [1.29, 1.82) is 0 Å². The minimum atomic E-state index is -0.362. The first-order valence-electron chi connectivity index (χ1n) is 11.0. The fraction of sp³-hybridized carbons (Fsp3) is 0.458. The van der Waals surface area contributed by atoms with Crippen molar-refractivity contribution in [2.75, 3.05) is 26.2 Å². The average molecular weight is 424 g/mol. The normalized spacial score (nSPS) is 15.4. The van der Waals surface area contributed by atoms with Gasteiger partial charge in [0.25, 0.3) is 5.91 Å².